The van der Waals surface area contributed by atoms with Gasteiger partial charge in [-0.3, -0.25) is 14.9 Å². The molecule has 1 aliphatic rings. The average molecular weight is 535 g/mol. The lowest BCUT2D eigenvalue weighted by molar-refractivity contribution is -0.122. The molecule has 1 N–H and O–H groups in total. The van der Waals surface area contributed by atoms with Crippen molar-refractivity contribution in [3.8, 4) is 11.5 Å². The zero-order valence-corrected chi connectivity index (χ0v) is 21.0. The van der Waals surface area contributed by atoms with E-state index in [-0.39, 0.29) is 12.2 Å². The number of barbiturate groups is 1. The summed E-state index contributed by atoms with van der Waals surface area (Å²) in [4.78, 5) is 39.2. The van der Waals surface area contributed by atoms with E-state index in [4.69, 9.17) is 9.47 Å². The molecule has 0 unspecified atom stereocenters. The smallest absolute Gasteiger partial charge is 0.335 e. The molecule has 8 heteroatoms. The van der Waals surface area contributed by atoms with Crippen molar-refractivity contribution in [3.05, 3.63) is 93.0 Å². The van der Waals surface area contributed by atoms with Crippen LogP contribution in [0.4, 0.5) is 10.5 Å². The molecule has 4 amide bonds. The number of nitrogens with zero attached hydrogens (tertiary/aromatic N) is 1. The van der Waals surface area contributed by atoms with Gasteiger partial charge in [0.2, 0.25) is 0 Å². The van der Waals surface area contributed by atoms with Crippen molar-refractivity contribution in [3.63, 3.8) is 0 Å². The lowest BCUT2D eigenvalue weighted by Gasteiger charge is -2.26. The van der Waals surface area contributed by atoms with Crippen LogP contribution in [-0.2, 0) is 16.2 Å². The minimum absolute atomic E-state index is 0.186. The molecular weight excluding hydrogens is 512 g/mol. The number of hydrogen-bond donors (Lipinski definition) is 1. The van der Waals surface area contributed by atoms with E-state index in [1.807, 2.05) is 26.0 Å². The van der Waals surface area contributed by atoms with Crippen LogP contribution >= 0.6 is 15.9 Å². The largest absolute Gasteiger partial charge is 0.497 e. The van der Waals surface area contributed by atoms with Crippen LogP contribution in [0.2, 0.25) is 0 Å². The Labute approximate surface area is 211 Å². The van der Waals surface area contributed by atoms with Crippen molar-refractivity contribution >= 4 is 45.5 Å². The Morgan fingerprint density at radius 3 is 2.29 bits per heavy atom. The van der Waals surface area contributed by atoms with E-state index in [0.717, 1.165) is 26.1 Å². The molecule has 1 saturated heterocycles. The number of rotatable bonds is 6. The highest BCUT2D eigenvalue weighted by molar-refractivity contribution is 9.10. The number of carbonyl (C=O) groups excluding carboxylic acids is 3. The summed E-state index contributed by atoms with van der Waals surface area (Å²) in [6, 6.07) is 17.1. The Morgan fingerprint density at radius 2 is 1.63 bits per heavy atom. The lowest BCUT2D eigenvalue weighted by Crippen LogP contribution is -2.54. The minimum Gasteiger partial charge on any atom is -0.497 e. The molecule has 0 aliphatic carbocycles. The molecule has 0 bridgehead atoms. The first-order valence-corrected chi connectivity index (χ1v) is 11.6. The summed E-state index contributed by atoms with van der Waals surface area (Å²) in [6.07, 6.45) is 1.42. The molecule has 178 valence electrons. The van der Waals surface area contributed by atoms with Gasteiger partial charge in [0.25, 0.3) is 11.8 Å². The van der Waals surface area contributed by atoms with Crippen LogP contribution in [0.5, 0.6) is 11.5 Å². The predicted molar refractivity (Wildman–Crippen MR) is 136 cm³/mol. The van der Waals surface area contributed by atoms with Gasteiger partial charge in [-0.05, 0) is 61.9 Å². The Kier molecular flexibility index (Phi) is 7.02. The molecule has 0 spiro atoms. The summed E-state index contributed by atoms with van der Waals surface area (Å²) in [5.41, 5.74) is 3.89. The third kappa shape index (κ3) is 5.44. The van der Waals surface area contributed by atoms with Gasteiger partial charge >= 0.3 is 6.03 Å². The molecule has 3 aromatic rings. The van der Waals surface area contributed by atoms with Gasteiger partial charge in [-0.2, -0.15) is 0 Å². The third-order valence-electron chi connectivity index (χ3n) is 5.38. The summed E-state index contributed by atoms with van der Waals surface area (Å²) in [5, 5.41) is 2.24. The third-order valence-corrected chi connectivity index (χ3v) is 5.91. The molecule has 0 saturated carbocycles. The number of aryl methyl sites for hydroxylation is 2. The molecule has 0 atom stereocenters. The Bertz CT molecular complexity index is 1330. The summed E-state index contributed by atoms with van der Waals surface area (Å²) in [6.45, 7) is 4.32. The van der Waals surface area contributed by atoms with E-state index in [0.29, 0.717) is 22.7 Å². The summed E-state index contributed by atoms with van der Waals surface area (Å²) >= 11 is 3.33. The number of carbonyl (C=O) groups is 3. The summed E-state index contributed by atoms with van der Waals surface area (Å²) in [5.74, 6) is -0.501. The zero-order valence-electron chi connectivity index (χ0n) is 19.4. The van der Waals surface area contributed by atoms with Gasteiger partial charge in [0.1, 0.15) is 23.7 Å². The van der Waals surface area contributed by atoms with Crippen molar-refractivity contribution in [1.29, 1.82) is 0 Å². The number of urea groups is 1. The number of anilines is 1. The van der Waals surface area contributed by atoms with Gasteiger partial charge < -0.3 is 9.47 Å². The first-order valence-electron chi connectivity index (χ1n) is 10.8. The molecule has 3 aromatic carbocycles. The zero-order chi connectivity index (χ0) is 25.1. The number of amides is 4. The van der Waals surface area contributed by atoms with Crippen molar-refractivity contribution in [2.45, 2.75) is 20.5 Å². The maximum atomic E-state index is 13.2. The standard InChI is InChI=1S/C27H23BrN2O5/c1-16-10-17(2)12-18(11-16)15-35-24-14-22(34-3)9-4-19(24)13-23-25(31)29-27(33)30(26(23)32)21-7-5-20(28)6-8-21/h4-14H,15H2,1-3H3,(H,29,31,33)/b23-13+. The van der Waals surface area contributed by atoms with E-state index < -0.39 is 17.8 Å². The van der Waals surface area contributed by atoms with E-state index in [2.05, 4.69) is 27.3 Å². The van der Waals surface area contributed by atoms with E-state index in [9.17, 15) is 14.4 Å². The molecule has 1 fully saturated rings. The van der Waals surface area contributed by atoms with Gasteiger partial charge in [0.05, 0.1) is 12.8 Å². The average Bonchev–Trinajstić information content (AvgIpc) is 2.81. The van der Waals surface area contributed by atoms with Crippen LogP contribution < -0.4 is 19.7 Å². The van der Waals surface area contributed by atoms with Gasteiger partial charge in [-0.15, -0.1) is 0 Å². The highest BCUT2D eigenvalue weighted by Crippen LogP contribution is 2.30. The highest BCUT2D eigenvalue weighted by atomic mass is 79.9. The molecule has 4 rings (SSSR count). The van der Waals surface area contributed by atoms with Crippen molar-refractivity contribution < 1.29 is 23.9 Å². The fraction of sp³-hybridized carbons (Fsp3) is 0.148. The van der Waals surface area contributed by atoms with Gasteiger partial charge in [0.15, 0.2) is 0 Å². The number of ether oxygens (including phenoxy) is 2. The highest BCUT2D eigenvalue weighted by Gasteiger charge is 2.37. The first kappa shape index (κ1) is 24.2. The number of methoxy groups -OCH3 is 1. The van der Waals surface area contributed by atoms with Crippen molar-refractivity contribution in [2.75, 3.05) is 12.0 Å². The second kappa shape index (κ2) is 10.1. The molecule has 0 aromatic heterocycles. The van der Waals surface area contributed by atoms with E-state index in [1.165, 1.54) is 6.08 Å². The Balaban J connectivity index is 1.68. The van der Waals surface area contributed by atoms with Gasteiger partial charge in [-0.25, -0.2) is 9.69 Å². The van der Waals surface area contributed by atoms with Gasteiger partial charge in [0, 0.05) is 16.1 Å². The molecule has 0 radical (unpaired) electrons. The van der Waals surface area contributed by atoms with Crippen LogP contribution in [0.25, 0.3) is 6.08 Å². The van der Waals surface area contributed by atoms with E-state index >= 15 is 0 Å². The molecular formula is C27H23BrN2O5. The SMILES string of the molecule is COc1ccc(/C=C2\C(=O)NC(=O)N(c3ccc(Br)cc3)C2=O)c(OCc2cc(C)cc(C)c2)c1. The van der Waals surface area contributed by atoms with Crippen LogP contribution in [0.3, 0.4) is 0 Å². The lowest BCUT2D eigenvalue weighted by atomic mass is 10.1. The van der Waals surface area contributed by atoms with Crippen LogP contribution in [0.1, 0.15) is 22.3 Å². The maximum Gasteiger partial charge on any atom is 0.335 e. The second-order valence-corrected chi connectivity index (χ2v) is 9.04. The summed E-state index contributed by atoms with van der Waals surface area (Å²) < 4.78 is 12.2. The normalized spacial score (nSPS) is 14.8. The Hall–Kier alpha value is -3.91. The minimum atomic E-state index is -0.805. The number of hydrogen-bond acceptors (Lipinski definition) is 5. The van der Waals surface area contributed by atoms with Crippen LogP contribution in [-0.4, -0.2) is 25.0 Å². The first-order chi connectivity index (χ1) is 16.7. The topological polar surface area (TPSA) is 84.9 Å². The number of benzene rings is 3. The van der Waals surface area contributed by atoms with Crippen LogP contribution in [0.15, 0.2) is 70.7 Å². The van der Waals surface area contributed by atoms with Crippen molar-refractivity contribution in [1.82, 2.24) is 5.32 Å². The fourth-order valence-electron chi connectivity index (χ4n) is 3.84. The maximum absolute atomic E-state index is 13.2. The number of halogens is 1. The second-order valence-electron chi connectivity index (χ2n) is 8.12. The predicted octanol–water partition coefficient (Wildman–Crippen LogP) is 5.32. The van der Waals surface area contributed by atoms with Gasteiger partial charge in [-0.1, -0.05) is 45.3 Å². The monoisotopic (exact) mass is 534 g/mol. The quantitative estimate of drug-likeness (QED) is 0.341. The Morgan fingerprint density at radius 1 is 0.943 bits per heavy atom. The summed E-state index contributed by atoms with van der Waals surface area (Å²) in [7, 11) is 1.54. The van der Waals surface area contributed by atoms with Crippen molar-refractivity contribution in [2.24, 2.45) is 0 Å². The molecule has 7 nitrogen and oxygen atoms in total. The molecule has 35 heavy (non-hydrogen) atoms. The van der Waals surface area contributed by atoms with E-state index in [1.54, 1.807) is 49.6 Å². The fourth-order valence-corrected chi connectivity index (χ4v) is 4.10. The molecule has 1 aliphatic heterocycles. The molecule has 1 heterocycles. The number of imide groups is 2. The van der Waals surface area contributed by atoms with Crippen LogP contribution in [0, 0.1) is 13.8 Å². The number of nitrogens with one attached hydrogen (secondary N) is 1.